The maximum Gasteiger partial charge on any atom is 0.329 e. The first-order valence-corrected chi connectivity index (χ1v) is 7.27. The van der Waals surface area contributed by atoms with Gasteiger partial charge in [0.15, 0.2) is 0 Å². The zero-order valence-corrected chi connectivity index (χ0v) is 12.7. The molecule has 1 aromatic heterocycles. The van der Waals surface area contributed by atoms with Crippen LogP contribution in [0.2, 0.25) is 0 Å². The number of aromatic amines is 1. The van der Waals surface area contributed by atoms with Gasteiger partial charge in [0, 0.05) is 5.69 Å². The average Bonchev–Trinajstić information content (AvgIpc) is 2.56. The molecule has 3 rings (SSSR count). The molecule has 2 aromatic carbocycles. The largest absolute Gasteiger partial charge is 0.329 e. The highest BCUT2D eigenvalue weighted by Crippen LogP contribution is 2.12. The molecule has 0 radical (unpaired) electrons. The molecule has 0 bridgehead atoms. The first-order chi connectivity index (χ1) is 11.5. The molecule has 24 heavy (non-hydrogen) atoms. The molecular formula is C17H14FN3O3. The molecule has 1 heterocycles. The fraction of sp³-hybridized carbons (Fsp3) is 0.118. The van der Waals surface area contributed by atoms with Gasteiger partial charge in [-0.15, -0.1) is 0 Å². The fourth-order valence-electron chi connectivity index (χ4n) is 2.42. The number of hydrogen-bond donors (Lipinski definition) is 2. The van der Waals surface area contributed by atoms with Gasteiger partial charge in [0.2, 0.25) is 5.91 Å². The van der Waals surface area contributed by atoms with E-state index >= 15 is 0 Å². The van der Waals surface area contributed by atoms with Crippen LogP contribution in [-0.4, -0.2) is 15.5 Å². The highest BCUT2D eigenvalue weighted by molar-refractivity contribution is 5.93. The van der Waals surface area contributed by atoms with Crippen molar-refractivity contribution in [1.29, 1.82) is 0 Å². The molecule has 6 nitrogen and oxygen atoms in total. The second-order valence-electron chi connectivity index (χ2n) is 5.32. The van der Waals surface area contributed by atoms with E-state index in [1.165, 1.54) is 31.2 Å². The monoisotopic (exact) mass is 327 g/mol. The molecule has 0 fully saturated rings. The van der Waals surface area contributed by atoms with Crippen LogP contribution in [0.4, 0.5) is 10.1 Å². The number of carbonyl (C=O) groups excluding carboxylic acids is 1. The third kappa shape index (κ3) is 2.83. The second-order valence-corrected chi connectivity index (χ2v) is 5.32. The summed E-state index contributed by atoms with van der Waals surface area (Å²) in [4.78, 5) is 39.6. The molecule has 0 aliphatic heterocycles. The van der Waals surface area contributed by atoms with Crippen LogP contribution in [0.15, 0.2) is 58.1 Å². The number of benzene rings is 2. The Hall–Kier alpha value is -3.22. The van der Waals surface area contributed by atoms with Crippen LogP contribution in [0.1, 0.15) is 13.0 Å². The SMILES string of the molecule is CC(C(=O)Nc1ccc(F)cc1)n1c(=O)[nH]c2ccccc2c1=O. The van der Waals surface area contributed by atoms with Gasteiger partial charge >= 0.3 is 5.69 Å². The van der Waals surface area contributed by atoms with Crippen molar-refractivity contribution in [1.82, 2.24) is 9.55 Å². The Morgan fingerprint density at radius 3 is 2.50 bits per heavy atom. The van der Waals surface area contributed by atoms with Gasteiger partial charge in [-0.2, -0.15) is 0 Å². The predicted octanol–water partition coefficient (Wildman–Crippen LogP) is 2.03. The van der Waals surface area contributed by atoms with Gasteiger partial charge in [-0.05, 0) is 43.3 Å². The van der Waals surface area contributed by atoms with Gasteiger partial charge < -0.3 is 10.3 Å². The van der Waals surface area contributed by atoms with Crippen LogP contribution in [0.3, 0.4) is 0 Å². The highest BCUT2D eigenvalue weighted by Gasteiger charge is 2.20. The van der Waals surface area contributed by atoms with E-state index in [4.69, 9.17) is 0 Å². The van der Waals surface area contributed by atoms with Crippen molar-refractivity contribution in [2.45, 2.75) is 13.0 Å². The topological polar surface area (TPSA) is 84.0 Å². The highest BCUT2D eigenvalue weighted by atomic mass is 19.1. The molecule has 0 aliphatic rings. The summed E-state index contributed by atoms with van der Waals surface area (Å²) in [6.07, 6.45) is 0. The number of nitrogens with one attached hydrogen (secondary N) is 2. The summed E-state index contributed by atoms with van der Waals surface area (Å²) in [6.45, 7) is 1.45. The Kier molecular flexibility index (Phi) is 3.99. The van der Waals surface area contributed by atoms with E-state index in [2.05, 4.69) is 10.3 Å². The van der Waals surface area contributed by atoms with Crippen LogP contribution < -0.4 is 16.6 Å². The lowest BCUT2D eigenvalue weighted by molar-refractivity contribution is -0.119. The zero-order chi connectivity index (χ0) is 17.3. The van der Waals surface area contributed by atoms with Crippen LogP contribution in [0, 0.1) is 5.82 Å². The third-order valence-electron chi connectivity index (χ3n) is 3.72. The number of nitrogens with zero attached hydrogens (tertiary/aromatic N) is 1. The second kappa shape index (κ2) is 6.11. The molecule has 0 spiro atoms. The van der Waals surface area contributed by atoms with Crippen molar-refractivity contribution in [3.05, 3.63) is 75.2 Å². The molecule has 1 unspecified atom stereocenters. The third-order valence-corrected chi connectivity index (χ3v) is 3.72. The summed E-state index contributed by atoms with van der Waals surface area (Å²) >= 11 is 0. The number of H-pyrrole nitrogens is 1. The number of aromatic nitrogens is 2. The Bertz CT molecular complexity index is 1020. The van der Waals surface area contributed by atoms with Crippen molar-refractivity contribution in [3.63, 3.8) is 0 Å². The smallest absolute Gasteiger partial charge is 0.324 e. The van der Waals surface area contributed by atoms with E-state index in [1.54, 1.807) is 24.3 Å². The van der Waals surface area contributed by atoms with Gasteiger partial charge in [-0.3, -0.25) is 9.59 Å². The Morgan fingerprint density at radius 2 is 1.79 bits per heavy atom. The average molecular weight is 327 g/mol. The summed E-state index contributed by atoms with van der Waals surface area (Å²) in [7, 11) is 0. The lowest BCUT2D eigenvalue weighted by Gasteiger charge is -2.14. The molecule has 0 aliphatic carbocycles. The normalized spacial score (nSPS) is 12.1. The standard InChI is InChI=1S/C17H14FN3O3/c1-10(15(22)19-12-8-6-11(18)7-9-12)21-16(23)13-4-2-3-5-14(13)20-17(21)24/h2-10H,1H3,(H,19,22)(H,20,24). The van der Waals surface area contributed by atoms with E-state index in [1.807, 2.05) is 0 Å². The first-order valence-electron chi connectivity index (χ1n) is 7.27. The quantitative estimate of drug-likeness (QED) is 0.772. The van der Waals surface area contributed by atoms with E-state index in [0.717, 1.165) is 4.57 Å². The van der Waals surface area contributed by atoms with Crippen molar-refractivity contribution >= 4 is 22.5 Å². The van der Waals surface area contributed by atoms with E-state index in [9.17, 15) is 18.8 Å². The van der Waals surface area contributed by atoms with Crippen molar-refractivity contribution in [2.75, 3.05) is 5.32 Å². The van der Waals surface area contributed by atoms with Gasteiger partial charge in [-0.1, -0.05) is 12.1 Å². The fourth-order valence-corrected chi connectivity index (χ4v) is 2.42. The Labute approximate surface area is 135 Å². The lowest BCUT2D eigenvalue weighted by Crippen LogP contribution is -2.41. The molecule has 3 aromatic rings. The van der Waals surface area contributed by atoms with Crippen LogP contribution >= 0.6 is 0 Å². The van der Waals surface area contributed by atoms with Crippen molar-refractivity contribution < 1.29 is 9.18 Å². The summed E-state index contributed by atoms with van der Waals surface area (Å²) in [5.41, 5.74) is -0.426. The van der Waals surface area contributed by atoms with Gasteiger partial charge in [-0.25, -0.2) is 13.8 Å². The molecule has 2 N–H and O–H groups in total. The van der Waals surface area contributed by atoms with Crippen LogP contribution in [-0.2, 0) is 4.79 Å². The summed E-state index contributed by atoms with van der Waals surface area (Å²) in [5.74, 6) is -0.979. The number of para-hydroxylation sites is 1. The van der Waals surface area contributed by atoms with E-state index < -0.39 is 29.0 Å². The maximum atomic E-state index is 12.9. The van der Waals surface area contributed by atoms with Crippen LogP contribution in [0.25, 0.3) is 10.9 Å². The molecule has 1 atom stereocenters. The minimum atomic E-state index is -1.03. The van der Waals surface area contributed by atoms with E-state index in [0.29, 0.717) is 16.6 Å². The maximum absolute atomic E-state index is 12.9. The molecule has 0 saturated carbocycles. The summed E-state index contributed by atoms with van der Waals surface area (Å²) in [5, 5.41) is 2.87. The number of fused-ring (bicyclic) bond motifs is 1. The number of carbonyl (C=O) groups is 1. The van der Waals surface area contributed by atoms with Gasteiger partial charge in [0.1, 0.15) is 11.9 Å². The molecule has 1 amide bonds. The molecular weight excluding hydrogens is 313 g/mol. The molecule has 0 saturated heterocycles. The predicted molar refractivity (Wildman–Crippen MR) is 88.6 cm³/mol. The summed E-state index contributed by atoms with van der Waals surface area (Å²) < 4.78 is 13.8. The zero-order valence-electron chi connectivity index (χ0n) is 12.7. The Balaban J connectivity index is 1.97. The Morgan fingerprint density at radius 1 is 1.12 bits per heavy atom. The summed E-state index contributed by atoms with van der Waals surface area (Å²) in [6, 6.07) is 10.7. The number of anilines is 1. The lowest BCUT2D eigenvalue weighted by atomic mass is 10.2. The minimum absolute atomic E-state index is 0.318. The van der Waals surface area contributed by atoms with E-state index in [-0.39, 0.29) is 0 Å². The minimum Gasteiger partial charge on any atom is -0.324 e. The van der Waals surface area contributed by atoms with Gasteiger partial charge in [0.05, 0.1) is 10.9 Å². The number of halogens is 1. The van der Waals surface area contributed by atoms with Crippen molar-refractivity contribution in [3.8, 4) is 0 Å². The number of hydrogen-bond acceptors (Lipinski definition) is 3. The molecule has 7 heteroatoms. The van der Waals surface area contributed by atoms with Crippen molar-refractivity contribution in [2.24, 2.45) is 0 Å². The first kappa shape index (κ1) is 15.7. The van der Waals surface area contributed by atoms with Gasteiger partial charge in [0.25, 0.3) is 5.56 Å². The van der Waals surface area contributed by atoms with Crippen LogP contribution in [0.5, 0.6) is 0 Å². The number of amides is 1. The number of rotatable bonds is 3. The molecule has 122 valence electrons.